The summed E-state index contributed by atoms with van der Waals surface area (Å²) in [5.74, 6) is 0. The maximum absolute atomic E-state index is 13.1. The second-order valence-corrected chi connectivity index (χ2v) is 7.53. The summed E-state index contributed by atoms with van der Waals surface area (Å²) in [6.45, 7) is 3.34. The lowest BCUT2D eigenvalue weighted by atomic mass is 10.00. The predicted molar refractivity (Wildman–Crippen MR) is 110 cm³/mol. The zero-order chi connectivity index (χ0) is 19.0. The second kappa shape index (κ2) is 7.29. The Hall–Kier alpha value is -2.43. The molecule has 2 amide bonds. The number of halogens is 2. The number of hydrogen-bond donors (Lipinski definition) is 1. The van der Waals surface area contributed by atoms with Gasteiger partial charge in [-0.05, 0) is 48.9 Å². The summed E-state index contributed by atoms with van der Waals surface area (Å²) in [5, 5.41) is 4.13. The Kier molecular flexibility index (Phi) is 4.85. The van der Waals surface area contributed by atoms with Crippen LogP contribution in [0.1, 0.15) is 22.9 Å². The standard InChI is InChI=1S/C21H19Cl2N3O/c1-14-4-7-16(8-5-14)24-21(27)26-12-11-25-10-2-3-19(25)20(26)17-9-6-15(22)13-18(17)23/h2-10,13,20H,11-12H2,1H3,(H,24,27)/t20-/m0/s1. The molecule has 2 aromatic carbocycles. The average Bonchev–Trinajstić information content (AvgIpc) is 3.12. The molecule has 1 aromatic heterocycles. The van der Waals surface area contributed by atoms with Gasteiger partial charge in [-0.3, -0.25) is 0 Å². The summed E-state index contributed by atoms with van der Waals surface area (Å²) in [7, 11) is 0. The van der Waals surface area contributed by atoms with Crippen LogP contribution in [0.2, 0.25) is 10.0 Å². The van der Waals surface area contributed by atoms with E-state index in [1.807, 2.05) is 60.5 Å². The fourth-order valence-electron chi connectivity index (χ4n) is 3.48. The summed E-state index contributed by atoms with van der Waals surface area (Å²) in [6, 6.07) is 16.8. The number of anilines is 1. The van der Waals surface area contributed by atoms with E-state index in [2.05, 4.69) is 9.88 Å². The minimum atomic E-state index is -0.274. The fourth-order valence-corrected chi connectivity index (χ4v) is 4.00. The number of urea groups is 1. The summed E-state index contributed by atoms with van der Waals surface area (Å²) >= 11 is 12.6. The molecule has 0 unspecified atom stereocenters. The van der Waals surface area contributed by atoms with Gasteiger partial charge in [0, 0.05) is 40.7 Å². The molecular formula is C21H19Cl2N3O. The van der Waals surface area contributed by atoms with E-state index in [4.69, 9.17) is 23.2 Å². The lowest BCUT2D eigenvalue weighted by molar-refractivity contribution is 0.182. The van der Waals surface area contributed by atoms with Gasteiger partial charge in [-0.25, -0.2) is 4.79 Å². The van der Waals surface area contributed by atoms with Crippen LogP contribution in [0.15, 0.2) is 60.8 Å². The minimum Gasteiger partial charge on any atom is -0.348 e. The third-order valence-corrected chi connectivity index (χ3v) is 5.42. The van der Waals surface area contributed by atoms with Crippen LogP contribution in [0, 0.1) is 6.92 Å². The van der Waals surface area contributed by atoms with E-state index in [1.165, 1.54) is 0 Å². The molecular weight excluding hydrogens is 381 g/mol. The molecule has 3 aromatic rings. The first-order chi connectivity index (χ1) is 13.0. The minimum absolute atomic E-state index is 0.151. The monoisotopic (exact) mass is 399 g/mol. The van der Waals surface area contributed by atoms with Gasteiger partial charge >= 0.3 is 6.03 Å². The van der Waals surface area contributed by atoms with Crippen LogP contribution in [-0.2, 0) is 6.54 Å². The number of nitrogens with one attached hydrogen (secondary N) is 1. The molecule has 1 aliphatic rings. The maximum atomic E-state index is 13.1. The average molecular weight is 400 g/mol. The summed E-state index contributed by atoms with van der Waals surface area (Å²) < 4.78 is 2.16. The van der Waals surface area contributed by atoms with Crippen LogP contribution in [0.3, 0.4) is 0 Å². The highest BCUT2D eigenvalue weighted by molar-refractivity contribution is 6.35. The van der Waals surface area contributed by atoms with Gasteiger partial charge in [0.2, 0.25) is 0 Å². The Morgan fingerprint density at radius 2 is 1.85 bits per heavy atom. The highest BCUT2D eigenvalue weighted by Crippen LogP contribution is 2.37. The zero-order valence-electron chi connectivity index (χ0n) is 14.8. The van der Waals surface area contributed by atoms with Crippen molar-refractivity contribution >= 4 is 34.9 Å². The summed E-state index contributed by atoms with van der Waals surface area (Å²) in [6.07, 6.45) is 2.03. The topological polar surface area (TPSA) is 37.3 Å². The fraction of sp³-hybridized carbons (Fsp3) is 0.190. The molecule has 4 nitrogen and oxygen atoms in total. The molecule has 0 saturated carbocycles. The Labute approximate surface area is 168 Å². The molecule has 138 valence electrons. The van der Waals surface area contributed by atoms with Gasteiger partial charge in [-0.15, -0.1) is 0 Å². The van der Waals surface area contributed by atoms with Gasteiger partial charge in [-0.2, -0.15) is 0 Å². The van der Waals surface area contributed by atoms with Gasteiger partial charge in [0.25, 0.3) is 0 Å². The van der Waals surface area contributed by atoms with Gasteiger partial charge in [0.15, 0.2) is 0 Å². The number of hydrogen-bond acceptors (Lipinski definition) is 1. The first kappa shape index (κ1) is 18.0. The van der Waals surface area contributed by atoms with Gasteiger partial charge < -0.3 is 14.8 Å². The van der Waals surface area contributed by atoms with Crippen molar-refractivity contribution in [2.45, 2.75) is 19.5 Å². The van der Waals surface area contributed by atoms with E-state index in [0.717, 1.165) is 29.1 Å². The normalized spacial score (nSPS) is 16.1. The van der Waals surface area contributed by atoms with Crippen molar-refractivity contribution in [1.29, 1.82) is 0 Å². The molecule has 0 spiro atoms. The molecule has 4 rings (SSSR count). The molecule has 0 fully saturated rings. The Bertz CT molecular complexity index is 981. The number of rotatable bonds is 2. The van der Waals surface area contributed by atoms with E-state index in [-0.39, 0.29) is 12.1 Å². The molecule has 6 heteroatoms. The molecule has 27 heavy (non-hydrogen) atoms. The van der Waals surface area contributed by atoms with E-state index >= 15 is 0 Å². The van der Waals surface area contributed by atoms with Crippen molar-refractivity contribution in [3.05, 3.63) is 87.7 Å². The number of fused-ring (bicyclic) bond motifs is 1. The van der Waals surface area contributed by atoms with Crippen LogP contribution < -0.4 is 5.32 Å². The highest BCUT2D eigenvalue weighted by Gasteiger charge is 2.33. The van der Waals surface area contributed by atoms with Crippen LogP contribution in [0.5, 0.6) is 0 Å². The summed E-state index contributed by atoms with van der Waals surface area (Å²) in [4.78, 5) is 14.9. The number of carbonyl (C=O) groups is 1. The quantitative estimate of drug-likeness (QED) is 0.585. The first-order valence-electron chi connectivity index (χ1n) is 8.77. The summed E-state index contributed by atoms with van der Waals surface area (Å²) in [5.41, 5.74) is 3.81. The number of aryl methyl sites for hydroxylation is 1. The van der Waals surface area contributed by atoms with Gasteiger partial charge in [0.05, 0.1) is 0 Å². The number of benzene rings is 2. The van der Waals surface area contributed by atoms with Crippen LogP contribution in [0.4, 0.5) is 10.5 Å². The molecule has 0 radical (unpaired) electrons. The second-order valence-electron chi connectivity index (χ2n) is 6.68. The van der Waals surface area contributed by atoms with Crippen molar-refractivity contribution in [3.63, 3.8) is 0 Å². The van der Waals surface area contributed by atoms with Crippen molar-refractivity contribution in [2.24, 2.45) is 0 Å². The number of aromatic nitrogens is 1. The molecule has 0 saturated heterocycles. The lowest BCUT2D eigenvalue weighted by Crippen LogP contribution is -2.44. The number of carbonyl (C=O) groups excluding carboxylic acids is 1. The Balaban J connectivity index is 1.70. The third kappa shape index (κ3) is 3.55. The number of nitrogens with zero attached hydrogens (tertiary/aromatic N) is 2. The smallest absolute Gasteiger partial charge is 0.322 e. The number of amides is 2. The largest absolute Gasteiger partial charge is 0.348 e. The Morgan fingerprint density at radius 3 is 2.59 bits per heavy atom. The molecule has 0 aliphatic carbocycles. The van der Waals surface area contributed by atoms with E-state index in [0.29, 0.717) is 16.6 Å². The first-order valence-corrected chi connectivity index (χ1v) is 9.53. The lowest BCUT2D eigenvalue weighted by Gasteiger charge is -2.37. The molecule has 2 heterocycles. The maximum Gasteiger partial charge on any atom is 0.322 e. The van der Waals surface area contributed by atoms with Crippen LogP contribution >= 0.6 is 23.2 Å². The van der Waals surface area contributed by atoms with Gasteiger partial charge in [0.1, 0.15) is 6.04 Å². The van der Waals surface area contributed by atoms with Gasteiger partial charge in [-0.1, -0.05) is 47.0 Å². The van der Waals surface area contributed by atoms with Crippen LogP contribution in [0.25, 0.3) is 0 Å². The predicted octanol–water partition coefficient (Wildman–Crippen LogP) is 5.74. The molecule has 0 bridgehead atoms. The van der Waals surface area contributed by atoms with Crippen molar-refractivity contribution in [1.82, 2.24) is 9.47 Å². The van der Waals surface area contributed by atoms with Crippen molar-refractivity contribution in [2.75, 3.05) is 11.9 Å². The third-order valence-electron chi connectivity index (χ3n) is 4.86. The molecule has 1 atom stereocenters. The van der Waals surface area contributed by atoms with Crippen molar-refractivity contribution < 1.29 is 4.79 Å². The zero-order valence-corrected chi connectivity index (χ0v) is 16.3. The van der Waals surface area contributed by atoms with Crippen molar-refractivity contribution in [3.8, 4) is 0 Å². The Morgan fingerprint density at radius 1 is 1.07 bits per heavy atom. The highest BCUT2D eigenvalue weighted by atomic mass is 35.5. The molecule has 1 aliphatic heterocycles. The SMILES string of the molecule is Cc1ccc(NC(=O)N2CCn3cccc3[C@@H]2c2ccc(Cl)cc2Cl)cc1. The van der Waals surface area contributed by atoms with E-state index in [9.17, 15) is 4.79 Å². The van der Waals surface area contributed by atoms with E-state index < -0.39 is 0 Å². The molecule has 1 N–H and O–H groups in total. The van der Waals surface area contributed by atoms with Crippen LogP contribution in [-0.4, -0.2) is 22.0 Å². The van der Waals surface area contributed by atoms with E-state index in [1.54, 1.807) is 12.1 Å².